The minimum Gasteiger partial charge on any atom is -0.348 e. The minimum absolute atomic E-state index is 0.0392. The van der Waals surface area contributed by atoms with Gasteiger partial charge in [-0.1, -0.05) is 43.3 Å². The number of aromatic nitrogens is 2. The summed E-state index contributed by atoms with van der Waals surface area (Å²) in [5.41, 5.74) is 1.95. The summed E-state index contributed by atoms with van der Waals surface area (Å²) < 4.78 is 1.70. The van der Waals surface area contributed by atoms with E-state index < -0.39 is 0 Å². The van der Waals surface area contributed by atoms with Gasteiger partial charge >= 0.3 is 0 Å². The number of carbonyl (C=O) groups is 2. The fourth-order valence-corrected chi connectivity index (χ4v) is 3.02. The van der Waals surface area contributed by atoms with Crippen LogP contribution in [-0.4, -0.2) is 38.7 Å². The molecule has 28 heavy (non-hydrogen) atoms. The molecule has 1 atom stereocenters. The van der Waals surface area contributed by atoms with Crippen LogP contribution in [0, 0.1) is 0 Å². The molecule has 2 amide bonds. The van der Waals surface area contributed by atoms with Gasteiger partial charge in [0.15, 0.2) is 5.69 Å². The molecule has 1 unspecified atom stereocenters. The molecule has 0 saturated heterocycles. The third kappa shape index (κ3) is 4.06. The Balaban J connectivity index is 1.95. The fraction of sp³-hybridized carbons (Fsp3) is 0.318. The van der Waals surface area contributed by atoms with Crippen molar-refractivity contribution in [3.8, 4) is 0 Å². The molecule has 0 aliphatic rings. The van der Waals surface area contributed by atoms with Gasteiger partial charge in [-0.2, -0.15) is 0 Å². The molecule has 1 aromatic carbocycles. The van der Waals surface area contributed by atoms with Crippen LogP contribution in [0.1, 0.15) is 53.9 Å². The lowest BCUT2D eigenvalue weighted by atomic mass is 10.2. The van der Waals surface area contributed by atoms with Gasteiger partial charge in [0, 0.05) is 25.3 Å². The van der Waals surface area contributed by atoms with Gasteiger partial charge in [0.2, 0.25) is 5.82 Å². The van der Waals surface area contributed by atoms with Crippen LogP contribution in [0.15, 0.2) is 54.7 Å². The maximum absolute atomic E-state index is 13.2. The molecule has 2 heterocycles. The van der Waals surface area contributed by atoms with Crippen molar-refractivity contribution in [3.05, 3.63) is 71.8 Å². The summed E-state index contributed by atoms with van der Waals surface area (Å²) in [7, 11) is 0. The lowest BCUT2D eigenvalue weighted by Crippen LogP contribution is -2.33. The number of hydrogen-bond acceptors (Lipinski definition) is 3. The first-order valence-electron chi connectivity index (χ1n) is 9.66. The Morgan fingerprint density at radius 3 is 2.50 bits per heavy atom. The van der Waals surface area contributed by atoms with Crippen LogP contribution in [0.2, 0.25) is 0 Å². The van der Waals surface area contributed by atoms with E-state index in [-0.39, 0.29) is 29.4 Å². The molecule has 0 saturated carbocycles. The highest BCUT2D eigenvalue weighted by Crippen LogP contribution is 2.16. The molecule has 0 radical (unpaired) electrons. The molecule has 146 valence electrons. The first-order chi connectivity index (χ1) is 13.5. The maximum atomic E-state index is 13.2. The molecular weight excluding hydrogens is 352 g/mol. The van der Waals surface area contributed by atoms with E-state index in [9.17, 15) is 9.59 Å². The summed E-state index contributed by atoms with van der Waals surface area (Å²) >= 11 is 0. The molecule has 3 rings (SSSR count). The van der Waals surface area contributed by atoms with E-state index in [4.69, 9.17) is 0 Å². The van der Waals surface area contributed by atoms with E-state index in [2.05, 4.69) is 10.3 Å². The Labute approximate surface area is 165 Å². The van der Waals surface area contributed by atoms with E-state index in [1.807, 2.05) is 69.3 Å². The monoisotopic (exact) mass is 378 g/mol. The second kappa shape index (κ2) is 8.69. The lowest BCUT2D eigenvalue weighted by molar-refractivity contribution is 0.0739. The number of hydrogen-bond donors (Lipinski definition) is 1. The number of fused-ring (bicyclic) bond motifs is 1. The molecule has 0 aliphatic carbocycles. The average molecular weight is 378 g/mol. The molecule has 2 aromatic heterocycles. The number of pyridine rings is 1. The van der Waals surface area contributed by atoms with Gasteiger partial charge in [-0.15, -0.1) is 0 Å². The standard InChI is InChI=1S/C22H26N4O2/c1-4-16(3)23-21(27)19-18-13-9-10-14-26(18)20(24-19)22(28)25(5-2)15-17-11-7-6-8-12-17/h6-14,16H,4-5,15H2,1-3H3,(H,23,27). The zero-order valence-electron chi connectivity index (χ0n) is 16.6. The van der Waals surface area contributed by atoms with Crippen molar-refractivity contribution < 1.29 is 9.59 Å². The van der Waals surface area contributed by atoms with Crippen molar-refractivity contribution in [2.75, 3.05) is 6.54 Å². The SMILES string of the molecule is CCC(C)NC(=O)c1nc(C(=O)N(CC)Cc2ccccc2)n2ccccc12. The zero-order chi connectivity index (χ0) is 20.1. The number of carbonyl (C=O) groups excluding carboxylic acids is 2. The van der Waals surface area contributed by atoms with E-state index in [0.29, 0.717) is 18.6 Å². The summed E-state index contributed by atoms with van der Waals surface area (Å²) in [6.07, 6.45) is 2.59. The van der Waals surface area contributed by atoms with Gasteiger partial charge in [0.1, 0.15) is 0 Å². The smallest absolute Gasteiger partial charge is 0.290 e. The van der Waals surface area contributed by atoms with Crippen molar-refractivity contribution in [2.24, 2.45) is 0 Å². The number of rotatable bonds is 7. The Hall–Kier alpha value is -3.15. The Bertz CT molecular complexity index is 965. The van der Waals surface area contributed by atoms with Crippen molar-refractivity contribution in [2.45, 2.75) is 39.8 Å². The minimum atomic E-state index is -0.261. The summed E-state index contributed by atoms with van der Waals surface area (Å²) in [5, 5.41) is 2.93. The fourth-order valence-electron chi connectivity index (χ4n) is 3.02. The molecule has 0 bridgehead atoms. The van der Waals surface area contributed by atoms with E-state index in [1.165, 1.54) is 0 Å². The Morgan fingerprint density at radius 1 is 1.11 bits per heavy atom. The van der Waals surface area contributed by atoms with Gasteiger partial charge in [-0.25, -0.2) is 4.98 Å². The Morgan fingerprint density at radius 2 is 1.82 bits per heavy atom. The van der Waals surface area contributed by atoms with E-state index in [0.717, 1.165) is 12.0 Å². The average Bonchev–Trinajstić information content (AvgIpc) is 3.12. The Kier molecular flexibility index (Phi) is 6.09. The van der Waals surface area contributed by atoms with Crippen molar-refractivity contribution in [3.63, 3.8) is 0 Å². The highest BCUT2D eigenvalue weighted by molar-refractivity contribution is 6.02. The molecule has 6 nitrogen and oxygen atoms in total. The highest BCUT2D eigenvalue weighted by atomic mass is 16.2. The normalized spacial score (nSPS) is 12.0. The first-order valence-corrected chi connectivity index (χ1v) is 9.66. The molecule has 3 aromatic rings. The second-order valence-corrected chi connectivity index (χ2v) is 6.83. The predicted molar refractivity (Wildman–Crippen MR) is 109 cm³/mol. The second-order valence-electron chi connectivity index (χ2n) is 6.83. The quantitative estimate of drug-likeness (QED) is 0.684. The number of amides is 2. The summed E-state index contributed by atoms with van der Waals surface area (Å²) in [6.45, 7) is 6.93. The van der Waals surface area contributed by atoms with E-state index >= 15 is 0 Å². The van der Waals surface area contributed by atoms with Crippen LogP contribution in [0.4, 0.5) is 0 Å². The van der Waals surface area contributed by atoms with Crippen molar-refractivity contribution in [1.82, 2.24) is 19.6 Å². The number of nitrogens with one attached hydrogen (secondary N) is 1. The van der Waals surface area contributed by atoms with Crippen LogP contribution >= 0.6 is 0 Å². The van der Waals surface area contributed by atoms with Crippen LogP contribution < -0.4 is 5.32 Å². The van der Waals surface area contributed by atoms with E-state index in [1.54, 1.807) is 15.5 Å². The molecule has 0 spiro atoms. The van der Waals surface area contributed by atoms with Gasteiger partial charge in [0.25, 0.3) is 11.8 Å². The maximum Gasteiger partial charge on any atom is 0.290 e. The molecule has 1 N–H and O–H groups in total. The van der Waals surface area contributed by atoms with Crippen LogP contribution in [0.3, 0.4) is 0 Å². The summed E-state index contributed by atoms with van der Waals surface area (Å²) in [6, 6.07) is 15.4. The molecule has 0 aliphatic heterocycles. The largest absolute Gasteiger partial charge is 0.348 e. The molecule has 0 fully saturated rings. The van der Waals surface area contributed by atoms with Crippen LogP contribution in [0.25, 0.3) is 5.52 Å². The number of imidazole rings is 1. The summed E-state index contributed by atoms with van der Waals surface area (Å²) in [5.74, 6) is -0.207. The third-order valence-corrected chi connectivity index (χ3v) is 4.83. The van der Waals surface area contributed by atoms with Gasteiger partial charge in [0.05, 0.1) is 5.52 Å². The van der Waals surface area contributed by atoms with Crippen LogP contribution in [-0.2, 0) is 6.54 Å². The topological polar surface area (TPSA) is 66.7 Å². The van der Waals surface area contributed by atoms with Crippen LogP contribution in [0.5, 0.6) is 0 Å². The molecular formula is C22H26N4O2. The zero-order valence-corrected chi connectivity index (χ0v) is 16.6. The van der Waals surface area contributed by atoms with Gasteiger partial charge < -0.3 is 10.2 Å². The highest BCUT2D eigenvalue weighted by Gasteiger charge is 2.25. The van der Waals surface area contributed by atoms with Crippen molar-refractivity contribution >= 4 is 17.3 Å². The third-order valence-electron chi connectivity index (χ3n) is 4.83. The summed E-state index contributed by atoms with van der Waals surface area (Å²) in [4.78, 5) is 32.1. The predicted octanol–water partition coefficient (Wildman–Crippen LogP) is 3.52. The lowest BCUT2D eigenvalue weighted by Gasteiger charge is -2.20. The van der Waals surface area contributed by atoms with Crippen molar-refractivity contribution in [1.29, 1.82) is 0 Å². The first kappa shape index (κ1) is 19.6. The van der Waals surface area contributed by atoms with Gasteiger partial charge in [-0.3, -0.25) is 14.0 Å². The van der Waals surface area contributed by atoms with Gasteiger partial charge in [-0.05, 0) is 38.0 Å². The number of nitrogens with zero attached hydrogens (tertiary/aromatic N) is 3. The molecule has 6 heteroatoms. The number of benzene rings is 1.